The highest BCUT2D eigenvalue weighted by molar-refractivity contribution is 7.17. The zero-order valence-electron chi connectivity index (χ0n) is 19.1. The number of ketones is 1. The maximum Gasteiger partial charge on any atom is 0.173 e. The molecule has 0 saturated carbocycles. The molecule has 0 aliphatic heterocycles. The predicted octanol–water partition coefficient (Wildman–Crippen LogP) is 8.25. The fourth-order valence-electron chi connectivity index (χ4n) is 4.04. The zero-order chi connectivity index (χ0) is 22.5. The van der Waals surface area contributed by atoms with Gasteiger partial charge in [-0.05, 0) is 71.2 Å². The maximum atomic E-state index is 12.8. The first-order valence-electron chi connectivity index (χ1n) is 11.4. The first kappa shape index (κ1) is 22.2. The van der Waals surface area contributed by atoms with Crippen LogP contribution in [0.3, 0.4) is 0 Å². The lowest BCUT2D eigenvalue weighted by Crippen LogP contribution is -1.99. The summed E-state index contributed by atoms with van der Waals surface area (Å²) in [5.74, 6) is 0.764. The summed E-state index contributed by atoms with van der Waals surface area (Å²) in [6.45, 7) is 6.57. The number of hydrogen-bond donors (Lipinski definition) is 0. The molecule has 32 heavy (non-hydrogen) atoms. The van der Waals surface area contributed by atoms with Crippen LogP contribution in [0.4, 0.5) is 0 Å². The van der Waals surface area contributed by atoms with Gasteiger partial charge in [-0.2, -0.15) is 0 Å². The molecule has 3 aromatic carbocycles. The Balaban J connectivity index is 1.45. The van der Waals surface area contributed by atoms with Crippen LogP contribution in [0.5, 0.6) is 0 Å². The second kappa shape index (κ2) is 10.1. The van der Waals surface area contributed by atoms with Crippen molar-refractivity contribution in [3.8, 4) is 10.4 Å². The van der Waals surface area contributed by atoms with Crippen LogP contribution in [-0.4, -0.2) is 5.78 Å². The number of benzene rings is 3. The monoisotopic (exact) mass is 438 g/mol. The molecule has 162 valence electrons. The molecule has 0 saturated heterocycles. The molecule has 0 fully saturated rings. The average molecular weight is 439 g/mol. The maximum absolute atomic E-state index is 12.8. The van der Waals surface area contributed by atoms with Gasteiger partial charge in [0, 0.05) is 11.3 Å². The van der Waals surface area contributed by atoms with Gasteiger partial charge >= 0.3 is 0 Å². The van der Waals surface area contributed by atoms with E-state index in [0.717, 1.165) is 22.6 Å². The Bertz CT molecular complexity index is 1210. The van der Waals surface area contributed by atoms with Gasteiger partial charge in [0.1, 0.15) is 0 Å². The molecule has 2 heteroatoms. The molecule has 0 aliphatic carbocycles. The molecule has 0 N–H and O–H groups in total. The minimum Gasteiger partial charge on any atom is -0.293 e. The van der Waals surface area contributed by atoms with Crippen molar-refractivity contribution < 1.29 is 4.79 Å². The fourth-order valence-corrected chi connectivity index (χ4v) is 5.01. The van der Waals surface area contributed by atoms with E-state index in [1.807, 2.05) is 18.2 Å². The van der Waals surface area contributed by atoms with Crippen LogP contribution >= 0.6 is 11.3 Å². The minimum absolute atomic E-state index is 0.228. The molecule has 1 aromatic heterocycles. The summed E-state index contributed by atoms with van der Waals surface area (Å²) in [7, 11) is 0. The van der Waals surface area contributed by atoms with E-state index in [2.05, 4.69) is 87.5 Å². The van der Waals surface area contributed by atoms with Crippen molar-refractivity contribution in [1.29, 1.82) is 0 Å². The van der Waals surface area contributed by atoms with Crippen LogP contribution in [0, 0.1) is 6.92 Å². The minimum atomic E-state index is 0.228. The summed E-state index contributed by atoms with van der Waals surface area (Å²) in [5, 5.41) is 0. The van der Waals surface area contributed by atoms with Gasteiger partial charge in [-0.25, -0.2) is 0 Å². The van der Waals surface area contributed by atoms with E-state index in [9.17, 15) is 4.79 Å². The molecule has 0 bridgehead atoms. The van der Waals surface area contributed by atoms with Gasteiger partial charge in [0.2, 0.25) is 0 Å². The van der Waals surface area contributed by atoms with Crippen LogP contribution in [-0.2, 0) is 12.8 Å². The van der Waals surface area contributed by atoms with Crippen molar-refractivity contribution in [3.05, 3.63) is 118 Å². The van der Waals surface area contributed by atoms with Crippen LogP contribution in [0.15, 0.2) is 84.9 Å². The first-order chi connectivity index (χ1) is 15.5. The van der Waals surface area contributed by atoms with Gasteiger partial charge in [0.25, 0.3) is 0 Å². The smallest absolute Gasteiger partial charge is 0.173 e. The third-order valence-electron chi connectivity index (χ3n) is 6.00. The van der Waals surface area contributed by atoms with Crippen molar-refractivity contribution in [2.24, 2.45) is 0 Å². The highest BCUT2D eigenvalue weighted by Gasteiger charge is 2.12. The molecular weight excluding hydrogens is 408 g/mol. The highest BCUT2D eigenvalue weighted by atomic mass is 32.1. The number of carbonyl (C=O) groups excluding carboxylic acids is 1. The lowest BCUT2D eigenvalue weighted by atomic mass is 9.97. The third-order valence-corrected chi connectivity index (χ3v) is 7.18. The summed E-state index contributed by atoms with van der Waals surface area (Å²) in [6, 6.07) is 30.0. The lowest BCUT2D eigenvalue weighted by Gasteiger charge is -2.09. The summed E-state index contributed by atoms with van der Waals surface area (Å²) < 4.78 is 0. The van der Waals surface area contributed by atoms with Crippen LogP contribution in [0.25, 0.3) is 10.4 Å². The van der Waals surface area contributed by atoms with Gasteiger partial charge in [0.15, 0.2) is 5.78 Å². The number of carbonyl (C=O) groups is 1. The molecule has 1 heterocycles. The van der Waals surface area contributed by atoms with E-state index in [1.165, 1.54) is 33.4 Å². The van der Waals surface area contributed by atoms with E-state index in [-0.39, 0.29) is 5.78 Å². The summed E-state index contributed by atoms with van der Waals surface area (Å²) >= 11 is 1.61. The Hall–Kier alpha value is -2.97. The highest BCUT2D eigenvalue weighted by Crippen LogP contribution is 2.30. The van der Waals surface area contributed by atoms with E-state index in [0.29, 0.717) is 12.3 Å². The number of rotatable bonds is 8. The molecular formula is C30H30OS. The van der Waals surface area contributed by atoms with Gasteiger partial charge in [0.05, 0.1) is 4.88 Å². The van der Waals surface area contributed by atoms with Crippen LogP contribution in [0.2, 0.25) is 0 Å². The Morgan fingerprint density at radius 2 is 1.59 bits per heavy atom. The summed E-state index contributed by atoms with van der Waals surface area (Å²) in [4.78, 5) is 14.8. The number of hydrogen-bond acceptors (Lipinski definition) is 2. The predicted molar refractivity (Wildman–Crippen MR) is 137 cm³/mol. The summed E-state index contributed by atoms with van der Waals surface area (Å²) in [5.41, 5.74) is 7.71. The lowest BCUT2D eigenvalue weighted by molar-refractivity contribution is 0.0986. The number of Topliss-reactive ketones (excluding diaryl/α,β-unsaturated/α-hetero) is 1. The number of thiophene rings is 1. The van der Waals surface area contributed by atoms with Crippen molar-refractivity contribution in [2.75, 3.05) is 0 Å². The molecule has 4 rings (SSSR count). The molecule has 4 aromatic rings. The van der Waals surface area contributed by atoms with E-state index in [4.69, 9.17) is 0 Å². The SMILES string of the molecule is Cc1ccccc1CCC(=O)c1ccc(-c2cccc(Cc3cccc(C(C)C)c3)c2)s1. The zero-order valence-corrected chi connectivity index (χ0v) is 19.9. The molecule has 0 radical (unpaired) electrons. The average Bonchev–Trinajstić information content (AvgIpc) is 3.29. The summed E-state index contributed by atoms with van der Waals surface area (Å²) in [6.07, 6.45) is 2.27. The van der Waals surface area contributed by atoms with Gasteiger partial charge in [-0.3, -0.25) is 4.79 Å². The van der Waals surface area contributed by atoms with E-state index >= 15 is 0 Å². The first-order valence-corrected chi connectivity index (χ1v) is 12.2. The molecule has 0 amide bonds. The van der Waals surface area contributed by atoms with E-state index in [1.54, 1.807) is 11.3 Å². The topological polar surface area (TPSA) is 17.1 Å². The largest absolute Gasteiger partial charge is 0.293 e. The van der Waals surface area contributed by atoms with Crippen molar-refractivity contribution in [1.82, 2.24) is 0 Å². The Morgan fingerprint density at radius 1 is 0.844 bits per heavy atom. The quantitative estimate of drug-likeness (QED) is 0.253. The van der Waals surface area contributed by atoms with Crippen LogP contribution < -0.4 is 0 Å². The number of aryl methyl sites for hydroxylation is 2. The van der Waals surface area contributed by atoms with Crippen LogP contribution in [0.1, 0.15) is 63.7 Å². The third kappa shape index (κ3) is 5.44. The molecule has 0 aliphatic rings. The molecule has 0 atom stereocenters. The standard InChI is InChI=1S/C30H30OS/c1-21(2)26-12-6-9-23(19-26)18-24-10-7-13-27(20-24)29-16-17-30(32-29)28(31)15-14-25-11-5-4-8-22(25)3/h4-13,16-17,19-21H,14-15,18H2,1-3H3. The van der Waals surface area contributed by atoms with Gasteiger partial charge in [-0.15, -0.1) is 11.3 Å². The second-order valence-corrected chi connectivity index (χ2v) is 9.87. The van der Waals surface area contributed by atoms with Crippen molar-refractivity contribution in [2.45, 2.75) is 46.0 Å². The van der Waals surface area contributed by atoms with E-state index < -0.39 is 0 Å². The second-order valence-electron chi connectivity index (χ2n) is 8.79. The van der Waals surface area contributed by atoms with Crippen molar-refractivity contribution >= 4 is 17.1 Å². The van der Waals surface area contributed by atoms with Gasteiger partial charge < -0.3 is 0 Å². The van der Waals surface area contributed by atoms with Gasteiger partial charge in [-0.1, -0.05) is 86.6 Å². The Morgan fingerprint density at radius 3 is 2.38 bits per heavy atom. The fraction of sp³-hybridized carbons (Fsp3) is 0.233. The molecule has 0 spiro atoms. The Labute approximate surface area is 195 Å². The molecule has 0 unspecified atom stereocenters. The molecule has 1 nitrogen and oxygen atoms in total. The Kier molecular flexibility index (Phi) is 7.02. The normalized spacial score (nSPS) is 11.1. The van der Waals surface area contributed by atoms with Crippen molar-refractivity contribution in [3.63, 3.8) is 0 Å².